The molecular weight excluding hydrogens is 372 g/mol. The average molecular weight is 386 g/mol. The van der Waals surface area contributed by atoms with Crippen LogP contribution in [0, 0.1) is 0 Å². The minimum absolute atomic E-state index is 0.551. The minimum atomic E-state index is 0.551. The van der Waals surface area contributed by atoms with Crippen LogP contribution in [0.3, 0.4) is 0 Å². The molecule has 18 heavy (non-hydrogen) atoms. The van der Waals surface area contributed by atoms with E-state index in [-0.39, 0.29) is 0 Å². The zero-order chi connectivity index (χ0) is 12.8. The first-order chi connectivity index (χ1) is 8.79. The van der Waals surface area contributed by atoms with Crippen LogP contribution in [0.5, 0.6) is 0 Å². The van der Waals surface area contributed by atoms with Gasteiger partial charge in [0.25, 0.3) is 0 Å². The summed E-state index contributed by atoms with van der Waals surface area (Å²) in [6, 6.07) is 19.1. The fourth-order valence-electron chi connectivity index (χ4n) is 1.71. The minimum Gasteiger partial charge on any atom is -0.125 e. The Kier molecular flexibility index (Phi) is 5.80. The topological polar surface area (TPSA) is 0 Å². The lowest BCUT2D eigenvalue weighted by atomic mass is 10.0. The largest absolute Gasteiger partial charge is 0.125 e. The van der Waals surface area contributed by atoms with Crippen LogP contribution in [0.25, 0.3) is 0 Å². The number of rotatable bonds is 5. The fraction of sp³-hybridized carbons (Fsp3) is 0.200. The zero-order valence-corrected chi connectivity index (χ0v) is 13.8. The Morgan fingerprint density at radius 2 is 1.78 bits per heavy atom. The molecule has 0 fully saturated rings. The molecule has 2 aromatic carbocycles. The summed E-state index contributed by atoms with van der Waals surface area (Å²) in [4.78, 5) is 1.31. The number of hydrogen-bond acceptors (Lipinski definition) is 1. The molecule has 0 radical (unpaired) electrons. The zero-order valence-electron chi connectivity index (χ0n) is 9.85. The number of benzene rings is 2. The maximum atomic E-state index is 3.62. The van der Waals surface area contributed by atoms with Gasteiger partial charge in [-0.1, -0.05) is 68.3 Å². The van der Waals surface area contributed by atoms with E-state index in [1.54, 1.807) is 0 Å². The van der Waals surface area contributed by atoms with E-state index in [0.717, 1.165) is 15.6 Å². The van der Waals surface area contributed by atoms with Gasteiger partial charge in [0.2, 0.25) is 0 Å². The van der Waals surface area contributed by atoms with Crippen LogP contribution in [0.4, 0.5) is 0 Å². The number of alkyl halides is 1. The monoisotopic (exact) mass is 384 g/mol. The van der Waals surface area contributed by atoms with Crippen molar-refractivity contribution in [3.05, 3.63) is 64.6 Å². The van der Waals surface area contributed by atoms with Crippen molar-refractivity contribution >= 4 is 43.6 Å². The van der Waals surface area contributed by atoms with Gasteiger partial charge in [0.1, 0.15) is 0 Å². The van der Waals surface area contributed by atoms with Crippen LogP contribution in [-0.4, -0.2) is 11.1 Å². The number of thioether (sulfide) groups is 1. The highest BCUT2D eigenvalue weighted by atomic mass is 79.9. The summed E-state index contributed by atoms with van der Waals surface area (Å²) < 4.78 is 1.14. The molecule has 0 aliphatic rings. The van der Waals surface area contributed by atoms with Crippen molar-refractivity contribution < 1.29 is 0 Å². The van der Waals surface area contributed by atoms with Crippen LogP contribution in [-0.2, 0) is 0 Å². The van der Waals surface area contributed by atoms with E-state index in [2.05, 4.69) is 86.5 Å². The molecule has 0 aromatic heterocycles. The van der Waals surface area contributed by atoms with E-state index < -0.39 is 0 Å². The SMILES string of the molecule is BrCC(CSc1cccc(Br)c1)c1ccccc1. The molecule has 1 atom stereocenters. The molecular formula is C15H14Br2S. The van der Waals surface area contributed by atoms with Crippen molar-refractivity contribution in [3.8, 4) is 0 Å². The van der Waals surface area contributed by atoms with E-state index in [1.807, 2.05) is 11.8 Å². The van der Waals surface area contributed by atoms with Crippen LogP contribution in [0.15, 0.2) is 64.0 Å². The molecule has 0 nitrogen and oxygen atoms in total. The summed E-state index contributed by atoms with van der Waals surface area (Å²) in [6.45, 7) is 0. The van der Waals surface area contributed by atoms with Crippen molar-refractivity contribution in [3.63, 3.8) is 0 Å². The van der Waals surface area contributed by atoms with E-state index in [4.69, 9.17) is 0 Å². The van der Waals surface area contributed by atoms with Gasteiger partial charge in [0.05, 0.1) is 0 Å². The van der Waals surface area contributed by atoms with Crippen LogP contribution in [0.1, 0.15) is 11.5 Å². The van der Waals surface area contributed by atoms with Gasteiger partial charge in [0, 0.05) is 26.4 Å². The Labute approximate surface area is 129 Å². The smallest absolute Gasteiger partial charge is 0.0186 e. The molecule has 0 saturated heterocycles. The summed E-state index contributed by atoms with van der Waals surface area (Å²) >= 11 is 9.03. The van der Waals surface area contributed by atoms with E-state index >= 15 is 0 Å². The normalized spacial score (nSPS) is 12.3. The first kappa shape index (κ1) is 14.2. The molecule has 0 amide bonds. The van der Waals surface area contributed by atoms with E-state index in [0.29, 0.717) is 5.92 Å². The third kappa shape index (κ3) is 4.15. The van der Waals surface area contributed by atoms with Crippen molar-refractivity contribution in [2.45, 2.75) is 10.8 Å². The first-order valence-corrected chi connectivity index (χ1v) is 8.69. The van der Waals surface area contributed by atoms with Gasteiger partial charge in [-0.3, -0.25) is 0 Å². The second-order valence-electron chi connectivity index (χ2n) is 4.03. The molecule has 0 bridgehead atoms. The molecule has 0 spiro atoms. The highest BCUT2D eigenvalue weighted by molar-refractivity contribution is 9.10. The summed E-state index contributed by atoms with van der Waals surface area (Å²) in [7, 11) is 0. The summed E-state index contributed by atoms with van der Waals surface area (Å²) in [5.41, 5.74) is 1.40. The molecule has 3 heteroatoms. The fourth-order valence-corrected chi connectivity index (χ4v) is 4.25. The molecule has 1 unspecified atom stereocenters. The molecule has 0 aliphatic carbocycles. The second kappa shape index (κ2) is 7.37. The molecule has 2 rings (SSSR count). The summed E-state index contributed by atoms with van der Waals surface area (Å²) in [6.07, 6.45) is 0. The third-order valence-electron chi connectivity index (χ3n) is 2.70. The lowest BCUT2D eigenvalue weighted by Crippen LogP contribution is -2.03. The lowest BCUT2D eigenvalue weighted by molar-refractivity contribution is 0.902. The Morgan fingerprint density at radius 1 is 1.00 bits per heavy atom. The van der Waals surface area contributed by atoms with Gasteiger partial charge in [-0.05, 0) is 23.8 Å². The van der Waals surface area contributed by atoms with Crippen LogP contribution >= 0.6 is 43.6 Å². The van der Waals surface area contributed by atoms with Gasteiger partial charge in [-0.25, -0.2) is 0 Å². The first-order valence-electron chi connectivity index (χ1n) is 5.79. The van der Waals surface area contributed by atoms with E-state index in [1.165, 1.54) is 10.5 Å². The van der Waals surface area contributed by atoms with Gasteiger partial charge in [-0.15, -0.1) is 11.8 Å². The Bertz CT molecular complexity index is 485. The standard InChI is InChI=1S/C15H14Br2S/c16-10-13(12-5-2-1-3-6-12)11-18-15-8-4-7-14(17)9-15/h1-9,13H,10-11H2. The summed E-state index contributed by atoms with van der Waals surface area (Å²) in [5, 5.41) is 0.998. The number of hydrogen-bond donors (Lipinski definition) is 0. The maximum absolute atomic E-state index is 3.62. The Balaban J connectivity index is 2.00. The van der Waals surface area contributed by atoms with Crippen molar-refractivity contribution in [2.75, 3.05) is 11.1 Å². The van der Waals surface area contributed by atoms with Crippen molar-refractivity contribution in [2.24, 2.45) is 0 Å². The lowest BCUT2D eigenvalue weighted by Gasteiger charge is -2.14. The van der Waals surface area contributed by atoms with Crippen LogP contribution in [0.2, 0.25) is 0 Å². The second-order valence-corrected chi connectivity index (χ2v) is 6.69. The predicted molar refractivity (Wildman–Crippen MR) is 87.8 cm³/mol. The van der Waals surface area contributed by atoms with Gasteiger partial charge in [0.15, 0.2) is 0 Å². The highest BCUT2D eigenvalue weighted by Gasteiger charge is 2.10. The molecule has 0 N–H and O–H groups in total. The van der Waals surface area contributed by atoms with Gasteiger partial charge in [-0.2, -0.15) is 0 Å². The Hall–Kier alpha value is -0.250. The van der Waals surface area contributed by atoms with Crippen LogP contribution < -0.4 is 0 Å². The molecule has 2 aromatic rings. The third-order valence-corrected chi connectivity index (χ3v) is 5.14. The average Bonchev–Trinajstić information content (AvgIpc) is 2.41. The molecule has 0 aliphatic heterocycles. The molecule has 0 saturated carbocycles. The molecule has 94 valence electrons. The van der Waals surface area contributed by atoms with Gasteiger partial charge >= 0.3 is 0 Å². The Morgan fingerprint density at radius 3 is 2.44 bits per heavy atom. The highest BCUT2D eigenvalue weighted by Crippen LogP contribution is 2.28. The van der Waals surface area contributed by atoms with Gasteiger partial charge < -0.3 is 0 Å². The predicted octanol–water partition coefficient (Wildman–Crippen LogP) is 5.72. The molecule has 0 heterocycles. The maximum Gasteiger partial charge on any atom is 0.0186 e. The van der Waals surface area contributed by atoms with E-state index in [9.17, 15) is 0 Å². The number of halogens is 2. The quantitative estimate of drug-likeness (QED) is 0.468. The van der Waals surface area contributed by atoms with Crippen molar-refractivity contribution in [1.82, 2.24) is 0 Å². The summed E-state index contributed by atoms with van der Waals surface area (Å²) in [5.74, 6) is 1.64. The van der Waals surface area contributed by atoms with Crippen molar-refractivity contribution in [1.29, 1.82) is 0 Å².